The van der Waals surface area contributed by atoms with Crippen molar-refractivity contribution < 1.29 is 0 Å². The van der Waals surface area contributed by atoms with Gasteiger partial charge in [-0.1, -0.05) is 194 Å². The van der Waals surface area contributed by atoms with Crippen LogP contribution in [0.4, 0.5) is 0 Å². The predicted octanol–water partition coefficient (Wildman–Crippen LogP) is 15.3. The summed E-state index contributed by atoms with van der Waals surface area (Å²) in [5.41, 5.74) is 17.4. The van der Waals surface area contributed by atoms with Gasteiger partial charge in [0.2, 0.25) is 0 Å². The number of nitrogens with zero attached hydrogens (tertiary/aromatic N) is 3. The largest absolute Gasteiger partial charge is 0.247 e. The van der Waals surface area contributed by atoms with E-state index in [1.807, 2.05) is 30.0 Å². The van der Waals surface area contributed by atoms with Gasteiger partial charge >= 0.3 is 0 Å². The van der Waals surface area contributed by atoms with Gasteiger partial charge in [-0.2, -0.15) is 0 Å². The van der Waals surface area contributed by atoms with Gasteiger partial charge < -0.3 is 0 Å². The van der Waals surface area contributed by atoms with E-state index in [4.69, 9.17) is 15.0 Å². The van der Waals surface area contributed by atoms with Crippen molar-refractivity contribution in [3.8, 4) is 67.4 Å². The molecule has 0 saturated heterocycles. The molecule has 298 valence electrons. The van der Waals surface area contributed by atoms with Crippen LogP contribution in [-0.2, 0) is 5.41 Å². The van der Waals surface area contributed by atoms with Crippen LogP contribution in [0.25, 0.3) is 89.1 Å². The number of hydrogen-bond acceptors (Lipinski definition) is 4. The summed E-state index contributed by atoms with van der Waals surface area (Å²) in [5.74, 6) is 0.686. The average molecular weight is 832 g/mol. The molecule has 0 N–H and O–H groups in total. The van der Waals surface area contributed by atoms with Gasteiger partial charge in [-0.3, -0.25) is 0 Å². The number of pyridine rings is 1. The Hall–Kier alpha value is -7.92. The summed E-state index contributed by atoms with van der Waals surface area (Å²) >= 11 is 1.87. The van der Waals surface area contributed by atoms with Crippen LogP contribution >= 0.6 is 11.8 Å². The molecule has 9 aromatic carbocycles. The zero-order valence-corrected chi connectivity index (χ0v) is 35.4. The summed E-state index contributed by atoms with van der Waals surface area (Å²) in [6.07, 6.45) is 0. The number of benzene rings is 9. The zero-order valence-electron chi connectivity index (χ0n) is 34.6. The smallest absolute Gasteiger partial charge is 0.160 e. The van der Waals surface area contributed by atoms with E-state index in [2.05, 4.69) is 206 Å². The molecule has 13 rings (SSSR count). The Kier molecular flexibility index (Phi) is 8.37. The van der Waals surface area contributed by atoms with Crippen molar-refractivity contribution in [1.29, 1.82) is 0 Å². The average Bonchev–Trinajstić information content (AvgIpc) is 3.66. The molecule has 2 aromatic heterocycles. The van der Waals surface area contributed by atoms with Gasteiger partial charge in [0.25, 0.3) is 0 Å². The maximum Gasteiger partial charge on any atom is 0.160 e. The first-order valence-electron chi connectivity index (χ1n) is 21.8. The molecule has 11 aromatic rings. The standard InChI is InChI=1S/C60H37N3S/c1-4-17-38(18-5-1)41-23-16-24-42(33-41)54-37-55(63-59(62-54)40-21-8-3-9-22-40)43-31-32-53-47(34-43)46-35-52-57(36-48(46)58(61-53)39-19-6-2-7-20-39)64-56-30-15-14-29-51(56)60(52)49-27-12-10-25-44(49)45-26-11-13-28-50(45)60/h1-37H. The van der Waals surface area contributed by atoms with E-state index in [1.165, 1.54) is 54.1 Å². The van der Waals surface area contributed by atoms with Crippen LogP contribution in [-0.4, -0.2) is 15.0 Å². The molecule has 3 heterocycles. The zero-order chi connectivity index (χ0) is 42.2. The number of fused-ring (bicyclic) bond motifs is 12. The number of hydrogen-bond donors (Lipinski definition) is 0. The second-order valence-electron chi connectivity index (χ2n) is 16.7. The fourth-order valence-electron chi connectivity index (χ4n) is 10.3. The first-order valence-corrected chi connectivity index (χ1v) is 22.6. The van der Waals surface area contributed by atoms with Crippen molar-refractivity contribution in [3.05, 3.63) is 247 Å². The maximum atomic E-state index is 5.49. The highest BCUT2D eigenvalue weighted by molar-refractivity contribution is 7.99. The molecule has 0 atom stereocenters. The van der Waals surface area contributed by atoms with Crippen LogP contribution in [0.2, 0.25) is 0 Å². The number of rotatable bonds is 5. The van der Waals surface area contributed by atoms with Crippen LogP contribution < -0.4 is 0 Å². The summed E-state index contributed by atoms with van der Waals surface area (Å²) in [6.45, 7) is 0. The van der Waals surface area contributed by atoms with Gasteiger partial charge in [0.15, 0.2) is 5.82 Å². The summed E-state index contributed by atoms with van der Waals surface area (Å²) in [5, 5.41) is 3.38. The van der Waals surface area contributed by atoms with Gasteiger partial charge in [0.05, 0.1) is 28.0 Å². The van der Waals surface area contributed by atoms with Gasteiger partial charge in [0, 0.05) is 42.8 Å². The van der Waals surface area contributed by atoms with Crippen molar-refractivity contribution in [2.75, 3.05) is 0 Å². The van der Waals surface area contributed by atoms with E-state index in [-0.39, 0.29) is 0 Å². The lowest BCUT2D eigenvalue weighted by Gasteiger charge is -2.40. The summed E-state index contributed by atoms with van der Waals surface area (Å²) in [7, 11) is 0. The SMILES string of the molecule is c1ccc(-c2cccc(-c3cc(-c4ccc5nc(-c6ccccc6)c6cc7c(cc6c5c4)C4(c5ccccc5S7)c5ccccc5-c5ccccc54)nc(-c4ccccc4)n3)c2)cc1. The molecule has 3 nitrogen and oxygen atoms in total. The van der Waals surface area contributed by atoms with Gasteiger partial charge in [0.1, 0.15) is 0 Å². The molecule has 0 fully saturated rings. The van der Waals surface area contributed by atoms with Gasteiger partial charge in [-0.05, 0) is 92.4 Å². The van der Waals surface area contributed by atoms with E-state index in [0.29, 0.717) is 5.82 Å². The third kappa shape index (κ3) is 5.66. The molecule has 1 aliphatic heterocycles. The summed E-state index contributed by atoms with van der Waals surface area (Å²) in [4.78, 5) is 18.5. The lowest BCUT2D eigenvalue weighted by Crippen LogP contribution is -2.32. The van der Waals surface area contributed by atoms with Crippen LogP contribution in [0, 0.1) is 0 Å². The maximum absolute atomic E-state index is 5.49. The minimum absolute atomic E-state index is 0.501. The normalized spacial score (nSPS) is 13.1. The molecular weight excluding hydrogens is 795 g/mol. The molecule has 2 aliphatic rings. The fourth-order valence-corrected chi connectivity index (χ4v) is 11.5. The fraction of sp³-hybridized carbons (Fsp3) is 0.0167. The van der Waals surface area contributed by atoms with Gasteiger partial charge in [-0.15, -0.1) is 0 Å². The highest BCUT2D eigenvalue weighted by Crippen LogP contribution is 2.62. The van der Waals surface area contributed by atoms with Crippen molar-refractivity contribution in [1.82, 2.24) is 15.0 Å². The van der Waals surface area contributed by atoms with E-state index < -0.39 is 5.41 Å². The second kappa shape index (κ2) is 14.6. The molecule has 0 amide bonds. The van der Waals surface area contributed by atoms with E-state index in [1.54, 1.807) is 0 Å². The Morgan fingerprint density at radius 1 is 0.312 bits per heavy atom. The lowest BCUT2D eigenvalue weighted by atomic mass is 9.67. The minimum Gasteiger partial charge on any atom is -0.247 e. The second-order valence-corrected chi connectivity index (χ2v) is 17.8. The highest BCUT2D eigenvalue weighted by atomic mass is 32.2. The molecule has 1 spiro atoms. The topological polar surface area (TPSA) is 38.7 Å². The van der Waals surface area contributed by atoms with Crippen LogP contribution in [0.3, 0.4) is 0 Å². The molecule has 4 heteroatoms. The Labute approximate surface area is 375 Å². The van der Waals surface area contributed by atoms with E-state index in [0.717, 1.165) is 61.2 Å². The quantitative estimate of drug-likeness (QED) is 0.162. The predicted molar refractivity (Wildman–Crippen MR) is 263 cm³/mol. The van der Waals surface area contributed by atoms with Crippen LogP contribution in [0.15, 0.2) is 234 Å². The van der Waals surface area contributed by atoms with E-state index >= 15 is 0 Å². The minimum atomic E-state index is -0.501. The van der Waals surface area contributed by atoms with Crippen molar-refractivity contribution in [2.45, 2.75) is 15.2 Å². The van der Waals surface area contributed by atoms with Crippen LogP contribution in [0.1, 0.15) is 22.3 Å². The Morgan fingerprint density at radius 3 is 1.58 bits per heavy atom. The Bertz CT molecular complexity index is 3590. The first kappa shape index (κ1) is 36.7. The molecule has 0 unspecified atom stereocenters. The number of aromatic nitrogens is 3. The molecule has 0 radical (unpaired) electrons. The molecule has 1 aliphatic carbocycles. The van der Waals surface area contributed by atoms with Gasteiger partial charge in [-0.25, -0.2) is 15.0 Å². The highest BCUT2D eigenvalue weighted by Gasteiger charge is 2.50. The molecule has 64 heavy (non-hydrogen) atoms. The van der Waals surface area contributed by atoms with E-state index in [9.17, 15) is 0 Å². The van der Waals surface area contributed by atoms with Crippen molar-refractivity contribution in [3.63, 3.8) is 0 Å². The molecule has 0 saturated carbocycles. The molecular formula is C60H37N3S. The Balaban J connectivity index is 1.08. The van der Waals surface area contributed by atoms with Crippen molar-refractivity contribution in [2.24, 2.45) is 0 Å². The molecule has 0 bridgehead atoms. The monoisotopic (exact) mass is 831 g/mol. The lowest BCUT2D eigenvalue weighted by molar-refractivity contribution is 0.724. The summed E-state index contributed by atoms with van der Waals surface area (Å²) in [6, 6.07) is 80.9. The van der Waals surface area contributed by atoms with Crippen LogP contribution in [0.5, 0.6) is 0 Å². The third-order valence-electron chi connectivity index (χ3n) is 13.1. The first-order chi connectivity index (χ1) is 31.7. The third-order valence-corrected chi connectivity index (χ3v) is 14.3. The summed E-state index contributed by atoms with van der Waals surface area (Å²) < 4.78 is 0. The van der Waals surface area contributed by atoms with Crippen molar-refractivity contribution >= 4 is 33.4 Å². The Morgan fingerprint density at radius 2 is 0.875 bits per heavy atom.